The quantitative estimate of drug-likeness (QED) is 0.815. The fourth-order valence-electron chi connectivity index (χ4n) is 2.49. The van der Waals surface area contributed by atoms with Crippen LogP contribution in [-0.4, -0.2) is 22.3 Å². The predicted molar refractivity (Wildman–Crippen MR) is 84.2 cm³/mol. The first-order chi connectivity index (χ1) is 10.1. The minimum Gasteiger partial charge on any atom is -0.342 e. The first-order valence-electron chi connectivity index (χ1n) is 6.86. The predicted octanol–water partition coefficient (Wildman–Crippen LogP) is 3.98. The van der Waals surface area contributed by atoms with Crippen molar-refractivity contribution in [3.05, 3.63) is 52.0 Å². The van der Waals surface area contributed by atoms with E-state index < -0.39 is 5.79 Å². The highest BCUT2D eigenvalue weighted by Gasteiger charge is 2.44. The van der Waals surface area contributed by atoms with Gasteiger partial charge in [-0.2, -0.15) is 0 Å². The smallest absolute Gasteiger partial charge is 0.215 e. The largest absolute Gasteiger partial charge is 0.342 e. The Morgan fingerprint density at radius 2 is 2.38 bits per heavy atom. The molecule has 1 fully saturated rings. The lowest BCUT2D eigenvalue weighted by Gasteiger charge is -2.29. The average molecular weight is 372 g/mol. The molecule has 0 radical (unpaired) electrons. The molecule has 0 bridgehead atoms. The Morgan fingerprint density at radius 1 is 1.52 bits per heavy atom. The average Bonchev–Trinajstić information content (AvgIpc) is 3.09. The Balaban J connectivity index is 1.99. The number of halogens is 2. The molecule has 6 heteroatoms. The topological polar surface area (TPSA) is 36.3 Å². The van der Waals surface area contributed by atoms with Crippen LogP contribution in [0.2, 0.25) is 5.02 Å². The summed E-state index contributed by atoms with van der Waals surface area (Å²) in [5.74, 6) is -0.862. The number of imidazole rings is 1. The lowest BCUT2D eigenvalue weighted by atomic mass is 10.1. The summed E-state index contributed by atoms with van der Waals surface area (Å²) in [6.07, 6.45) is 6.36. The number of rotatable bonds is 4. The maximum Gasteiger partial charge on any atom is 0.215 e. The lowest BCUT2D eigenvalue weighted by Crippen LogP contribution is -2.33. The van der Waals surface area contributed by atoms with E-state index in [0.29, 0.717) is 18.2 Å². The van der Waals surface area contributed by atoms with Crippen LogP contribution in [0.15, 0.2) is 41.4 Å². The van der Waals surface area contributed by atoms with Crippen molar-refractivity contribution >= 4 is 27.5 Å². The van der Waals surface area contributed by atoms with Crippen LogP contribution in [0.25, 0.3) is 0 Å². The normalized spacial score (nSPS) is 25.4. The summed E-state index contributed by atoms with van der Waals surface area (Å²) in [5, 5.41) is 0.626. The van der Waals surface area contributed by atoms with Gasteiger partial charge >= 0.3 is 0 Å². The van der Waals surface area contributed by atoms with Crippen LogP contribution >= 0.6 is 27.5 Å². The van der Waals surface area contributed by atoms with Crippen LogP contribution in [-0.2, 0) is 21.8 Å². The second kappa shape index (κ2) is 6.08. The molecular weight excluding hydrogens is 356 g/mol. The molecule has 0 spiro atoms. The van der Waals surface area contributed by atoms with Gasteiger partial charge in [-0.05, 0) is 18.6 Å². The summed E-state index contributed by atoms with van der Waals surface area (Å²) in [5.41, 5.74) is 0.844. The number of hydrogen-bond donors (Lipinski definition) is 0. The maximum absolute atomic E-state index is 6.42. The van der Waals surface area contributed by atoms with Crippen molar-refractivity contribution < 1.29 is 9.47 Å². The molecule has 1 aromatic carbocycles. The van der Waals surface area contributed by atoms with Crippen LogP contribution in [0.5, 0.6) is 0 Å². The number of aromatic nitrogens is 2. The molecule has 3 rings (SSSR count). The maximum atomic E-state index is 6.42. The van der Waals surface area contributed by atoms with Crippen molar-refractivity contribution in [3.8, 4) is 0 Å². The molecular formula is C15H16BrClN2O2. The molecule has 21 heavy (non-hydrogen) atoms. The summed E-state index contributed by atoms with van der Waals surface area (Å²) in [6.45, 7) is 3.17. The van der Waals surface area contributed by atoms with Crippen molar-refractivity contribution in [1.82, 2.24) is 9.55 Å². The summed E-state index contributed by atoms with van der Waals surface area (Å²) in [4.78, 5) is 4.08. The van der Waals surface area contributed by atoms with Crippen molar-refractivity contribution in [1.29, 1.82) is 0 Å². The molecule has 4 nitrogen and oxygen atoms in total. The zero-order valence-electron chi connectivity index (χ0n) is 11.6. The Kier molecular flexibility index (Phi) is 4.36. The lowest BCUT2D eigenvalue weighted by molar-refractivity contribution is -0.187. The van der Waals surface area contributed by atoms with Gasteiger partial charge in [0.05, 0.1) is 30.6 Å². The third-order valence-corrected chi connectivity index (χ3v) is 4.41. The van der Waals surface area contributed by atoms with E-state index in [-0.39, 0.29) is 6.10 Å². The van der Waals surface area contributed by atoms with E-state index in [9.17, 15) is 0 Å². The molecule has 0 saturated carbocycles. The van der Waals surface area contributed by atoms with Crippen LogP contribution in [0.3, 0.4) is 0 Å². The zero-order valence-corrected chi connectivity index (χ0v) is 14.0. The summed E-state index contributed by atoms with van der Waals surface area (Å²) in [6, 6.07) is 5.75. The molecule has 0 N–H and O–H groups in total. The van der Waals surface area contributed by atoms with Gasteiger partial charge < -0.3 is 14.0 Å². The van der Waals surface area contributed by atoms with Crippen molar-refractivity contribution in [3.63, 3.8) is 0 Å². The highest BCUT2D eigenvalue weighted by atomic mass is 79.9. The molecule has 1 aliphatic heterocycles. The van der Waals surface area contributed by atoms with Gasteiger partial charge in [0, 0.05) is 22.4 Å². The Bertz CT molecular complexity index is 620. The monoisotopic (exact) mass is 370 g/mol. The van der Waals surface area contributed by atoms with Gasteiger partial charge in [0.15, 0.2) is 0 Å². The van der Waals surface area contributed by atoms with Gasteiger partial charge in [-0.3, -0.25) is 0 Å². The number of benzene rings is 1. The van der Waals surface area contributed by atoms with Crippen molar-refractivity contribution in [2.75, 3.05) is 6.61 Å². The molecule has 1 aromatic heterocycles. The molecule has 0 amide bonds. The van der Waals surface area contributed by atoms with E-state index >= 15 is 0 Å². The van der Waals surface area contributed by atoms with Gasteiger partial charge in [0.2, 0.25) is 5.79 Å². The van der Waals surface area contributed by atoms with E-state index in [1.807, 2.05) is 29.0 Å². The van der Waals surface area contributed by atoms with Gasteiger partial charge in [0.1, 0.15) is 0 Å². The summed E-state index contributed by atoms with van der Waals surface area (Å²) >= 11 is 9.84. The van der Waals surface area contributed by atoms with Crippen LogP contribution in [0, 0.1) is 0 Å². The Morgan fingerprint density at radius 3 is 3.00 bits per heavy atom. The minimum absolute atomic E-state index is 0.0771. The first kappa shape index (κ1) is 15.0. The van der Waals surface area contributed by atoms with Gasteiger partial charge in [-0.15, -0.1) is 0 Å². The van der Waals surface area contributed by atoms with Gasteiger partial charge in [-0.25, -0.2) is 4.98 Å². The van der Waals surface area contributed by atoms with Gasteiger partial charge in [0.25, 0.3) is 0 Å². The number of hydrogen-bond acceptors (Lipinski definition) is 3. The van der Waals surface area contributed by atoms with Crippen LogP contribution < -0.4 is 0 Å². The molecule has 1 saturated heterocycles. The second-order valence-corrected chi connectivity index (χ2v) is 6.39. The highest BCUT2D eigenvalue weighted by molar-refractivity contribution is 9.10. The van der Waals surface area contributed by atoms with Crippen molar-refractivity contribution in [2.24, 2.45) is 0 Å². The second-order valence-electron chi connectivity index (χ2n) is 5.07. The van der Waals surface area contributed by atoms with E-state index in [1.165, 1.54) is 0 Å². The zero-order chi connectivity index (χ0) is 14.9. The number of nitrogens with zero attached hydrogens (tertiary/aromatic N) is 2. The third kappa shape index (κ3) is 3.01. The SMILES string of the molecule is CCC1COC(Cn2ccnc2)(c2ccc(Br)cc2Cl)O1. The van der Waals surface area contributed by atoms with E-state index in [1.54, 1.807) is 12.5 Å². The van der Waals surface area contributed by atoms with Gasteiger partial charge in [-0.1, -0.05) is 40.5 Å². The van der Waals surface area contributed by atoms with E-state index in [0.717, 1.165) is 16.5 Å². The Labute approximate surface area is 137 Å². The fraction of sp³-hybridized carbons (Fsp3) is 0.400. The molecule has 2 unspecified atom stereocenters. The highest BCUT2D eigenvalue weighted by Crippen LogP contribution is 2.40. The van der Waals surface area contributed by atoms with Crippen molar-refractivity contribution in [2.45, 2.75) is 31.8 Å². The van der Waals surface area contributed by atoms with Crippen LogP contribution in [0.1, 0.15) is 18.9 Å². The minimum atomic E-state index is -0.862. The van der Waals surface area contributed by atoms with E-state index in [2.05, 4.69) is 27.8 Å². The molecule has 112 valence electrons. The number of ether oxygens (including phenoxy) is 2. The van der Waals surface area contributed by atoms with E-state index in [4.69, 9.17) is 21.1 Å². The summed E-state index contributed by atoms with van der Waals surface area (Å²) in [7, 11) is 0. The standard InChI is InChI=1S/C15H16BrClN2O2/c1-2-12-8-20-15(21-12,9-19-6-5-18-10-19)13-4-3-11(16)7-14(13)17/h3-7,10,12H,2,8-9H2,1H3. The molecule has 0 aliphatic carbocycles. The third-order valence-electron chi connectivity index (χ3n) is 3.61. The molecule has 2 aromatic rings. The molecule has 2 atom stereocenters. The molecule has 1 aliphatic rings. The molecule has 2 heterocycles. The first-order valence-corrected chi connectivity index (χ1v) is 8.03. The van der Waals surface area contributed by atoms with Crippen LogP contribution in [0.4, 0.5) is 0 Å². The fourth-order valence-corrected chi connectivity index (χ4v) is 3.31. The Hall–Kier alpha value is -0.880. The summed E-state index contributed by atoms with van der Waals surface area (Å²) < 4.78 is 15.1.